The number of thiophene rings is 1. The van der Waals surface area contributed by atoms with Gasteiger partial charge < -0.3 is 10.4 Å². The first kappa shape index (κ1) is 18.5. The van der Waals surface area contributed by atoms with Gasteiger partial charge in [0.05, 0.1) is 17.4 Å². The van der Waals surface area contributed by atoms with Crippen LogP contribution in [0.4, 0.5) is 5.00 Å². The summed E-state index contributed by atoms with van der Waals surface area (Å²) in [5.41, 5.74) is 3.33. The number of amides is 1. The Bertz CT molecular complexity index is 1030. The molecule has 0 aliphatic heterocycles. The van der Waals surface area contributed by atoms with Crippen molar-refractivity contribution >= 4 is 28.2 Å². The number of hydrogen-bond acceptors (Lipinski definition) is 4. The third-order valence-electron chi connectivity index (χ3n) is 5.82. The SMILES string of the molecule is Cc1ccc(-c2c(C)sc(NC(=O)[C@@H]3[C@@H](C(=O)O)[C@H]4C=C[C@@H]3C4)c2C#N)cc1. The van der Waals surface area contributed by atoms with Crippen molar-refractivity contribution in [3.05, 3.63) is 52.4 Å². The maximum absolute atomic E-state index is 13.0. The van der Waals surface area contributed by atoms with Crippen molar-refractivity contribution in [2.75, 3.05) is 5.32 Å². The lowest BCUT2D eigenvalue weighted by Gasteiger charge is -2.23. The number of benzene rings is 1. The van der Waals surface area contributed by atoms with E-state index in [1.807, 2.05) is 50.3 Å². The first-order valence-electron chi connectivity index (χ1n) is 9.23. The Morgan fingerprint density at radius 2 is 1.79 bits per heavy atom. The van der Waals surface area contributed by atoms with Gasteiger partial charge in [-0.1, -0.05) is 42.0 Å². The summed E-state index contributed by atoms with van der Waals surface area (Å²) in [5.74, 6) is -2.66. The minimum atomic E-state index is -0.930. The van der Waals surface area contributed by atoms with Gasteiger partial charge in [-0.25, -0.2) is 0 Å². The number of allylic oxidation sites excluding steroid dienone is 2. The summed E-state index contributed by atoms with van der Waals surface area (Å²) in [5, 5.41) is 22.7. The minimum Gasteiger partial charge on any atom is -0.481 e. The fraction of sp³-hybridized carbons (Fsp3) is 0.318. The molecule has 2 aliphatic carbocycles. The predicted molar refractivity (Wildman–Crippen MR) is 108 cm³/mol. The molecule has 4 rings (SSSR count). The van der Waals surface area contributed by atoms with Crippen LogP contribution in [0.1, 0.15) is 22.4 Å². The number of nitriles is 1. The molecule has 2 aromatic rings. The average Bonchev–Trinajstić information content (AvgIpc) is 3.35. The summed E-state index contributed by atoms with van der Waals surface area (Å²) in [7, 11) is 0. The molecule has 4 atom stereocenters. The normalized spacial score (nSPS) is 24.9. The van der Waals surface area contributed by atoms with Crippen LogP contribution in [0.3, 0.4) is 0 Å². The fourth-order valence-corrected chi connectivity index (χ4v) is 5.55. The van der Waals surface area contributed by atoms with Crippen molar-refractivity contribution < 1.29 is 14.7 Å². The number of aliphatic carboxylic acids is 1. The molecule has 28 heavy (non-hydrogen) atoms. The smallest absolute Gasteiger partial charge is 0.307 e. The van der Waals surface area contributed by atoms with Crippen molar-refractivity contribution in [2.45, 2.75) is 20.3 Å². The highest BCUT2D eigenvalue weighted by Crippen LogP contribution is 2.49. The van der Waals surface area contributed by atoms with Crippen LogP contribution in [0.15, 0.2) is 36.4 Å². The van der Waals surface area contributed by atoms with Crippen molar-refractivity contribution in [3.8, 4) is 17.2 Å². The number of aryl methyl sites for hydroxylation is 2. The van der Waals surface area contributed by atoms with Crippen molar-refractivity contribution in [1.82, 2.24) is 0 Å². The zero-order chi connectivity index (χ0) is 20.0. The zero-order valence-electron chi connectivity index (χ0n) is 15.6. The first-order valence-corrected chi connectivity index (χ1v) is 10.0. The molecule has 0 spiro atoms. The number of nitrogens with one attached hydrogen (secondary N) is 1. The predicted octanol–water partition coefficient (Wildman–Crippen LogP) is 4.37. The van der Waals surface area contributed by atoms with E-state index < -0.39 is 17.8 Å². The first-order chi connectivity index (χ1) is 13.4. The monoisotopic (exact) mass is 392 g/mol. The number of anilines is 1. The molecular formula is C22H20N2O3S. The Morgan fingerprint density at radius 1 is 1.14 bits per heavy atom. The van der Waals surface area contributed by atoms with Crippen LogP contribution in [0.25, 0.3) is 11.1 Å². The largest absolute Gasteiger partial charge is 0.481 e. The summed E-state index contributed by atoms with van der Waals surface area (Å²) in [4.78, 5) is 25.6. The van der Waals surface area contributed by atoms with Gasteiger partial charge in [0.15, 0.2) is 0 Å². The third kappa shape index (κ3) is 2.92. The Morgan fingerprint density at radius 3 is 2.39 bits per heavy atom. The van der Waals surface area contributed by atoms with E-state index in [1.165, 1.54) is 11.3 Å². The third-order valence-corrected chi connectivity index (χ3v) is 6.84. The lowest BCUT2D eigenvalue weighted by molar-refractivity contribution is -0.146. The topological polar surface area (TPSA) is 90.2 Å². The second kappa shape index (κ2) is 6.92. The molecule has 142 valence electrons. The molecule has 5 nitrogen and oxygen atoms in total. The second-order valence-electron chi connectivity index (χ2n) is 7.54. The molecular weight excluding hydrogens is 372 g/mol. The van der Waals surface area contributed by atoms with E-state index in [0.717, 1.165) is 21.6 Å². The molecule has 0 unspecified atom stereocenters. The summed E-state index contributed by atoms with van der Waals surface area (Å²) in [6.45, 7) is 3.93. The molecule has 1 saturated carbocycles. The summed E-state index contributed by atoms with van der Waals surface area (Å²) >= 11 is 1.36. The van der Waals surface area contributed by atoms with Crippen molar-refractivity contribution in [2.24, 2.45) is 23.7 Å². The molecule has 1 heterocycles. The van der Waals surface area contributed by atoms with Crippen LogP contribution in [0.2, 0.25) is 0 Å². The second-order valence-corrected chi connectivity index (χ2v) is 8.77. The number of fused-ring (bicyclic) bond motifs is 2. The summed E-state index contributed by atoms with van der Waals surface area (Å²) in [6.07, 6.45) is 4.58. The van der Waals surface area contributed by atoms with Crippen LogP contribution in [-0.2, 0) is 9.59 Å². The molecule has 0 radical (unpaired) electrons. The number of carbonyl (C=O) groups excluding carboxylic acids is 1. The maximum Gasteiger partial charge on any atom is 0.307 e. The number of nitrogens with zero attached hydrogens (tertiary/aromatic N) is 1. The highest BCUT2D eigenvalue weighted by molar-refractivity contribution is 7.17. The van der Waals surface area contributed by atoms with Gasteiger partial charge >= 0.3 is 5.97 Å². The standard InChI is InChI=1S/C22H20N2O3S/c1-11-3-5-13(6-4-11)17-12(2)28-21(16(17)10-23)24-20(25)18-14-7-8-15(9-14)19(18)22(26)27/h3-8,14-15,18-19H,9H2,1-2H3,(H,24,25)(H,26,27)/t14-,15+,18+,19+/m1/s1. The highest BCUT2D eigenvalue weighted by atomic mass is 32.1. The van der Waals surface area contributed by atoms with Gasteiger partial charge in [0.25, 0.3) is 0 Å². The molecule has 0 saturated heterocycles. The Labute approximate surface area is 167 Å². The Kier molecular flexibility index (Phi) is 4.56. The van der Waals surface area contributed by atoms with E-state index in [-0.39, 0.29) is 17.7 Å². The molecule has 1 aromatic heterocycles. The van der Waals surface area contributed by atoms with E-state index in [1.54, 1.807) is 0 Å². The lowest BCUT2D eigenvalue weighted by Crippen LogP contribution is -2.36. The number of carboxylic acids is 1. The summed E-state index contributed by atoms with van der Waals surface area (Å²) in [6, 6.07) is 10.1. The minimum absolute atomic E-state index is 0.0470. The van der Waals surface area contributed by atoms with E-state index in [4.69, 9.17) is 0 Å². The van der Waals surface area contributed by atoms with E-state index in [2.05, 4.69) is 11.4 Å². The molecule has 2 N–H and O–H groups in total. The Balaban J connectivity index is 1.66. The quantitative estimate of drug-likeness (QED) is 0.756. The van der Waals surface area contributed by atoms with Crippen LogP contribution in [-0.4, -0.2) is 17.0 Å². The molecule has 2 aliphatic rings. The van der Waals surface area contributed by atoms with Gasteiger partial charge in [-0.05, 0) is 37.7 Å². The maximum atomic E-state index is 13.0. The summed E-state index contributed by atoms with van der Waals surface area (Å²) < 4.78 is 0. The number of carboxylic acid groups (broad SMARTS) is 1. The van der Waals surface area contributed by atoms with Crippen LogP contribution >= 0.6 is 11.3 Å². The van der Waals surface area contributed by atoms with Crippen molar-refractivity contribution in [1.29, 1.82) is 5.26 Å². The van der Waals surface area contributed by atoms with E-state index in [0.29, 0.717) is 17.0 Å². The molecule has 1 fully saturated rings. The van der Waals surface area contributed by atoms with Gasteiger partial charge in [-0.15, -0.1) is 11.3 Å². The fourth-order valence-electron chi connectivity index (χ4n) is 4.52. The highest BCUT2D eigenvalue weighted by Gasteiger charge is 2.51. The van der Waals surface area contributed by atoms with E-state index in [9.17, 15) is 20.0 Å². The molecule has 1 amide bonds. The number of rotatable bonds is 4. The molecule has 1 aromatic carbocycles. The van der Waals surface area contributed by atoms with Gasteiger partial charge in [0.2, 0.25) is 5.91 Å². The molecule has 2 bridgehead atoms. The van der Waals surface area contributed by atoms with Crippen LogP contribution in [0.5, 0.6) is 0 Å². The van der Waals surface area contributed by atoms with Gasteiger partial charge in [0.1, 0.15) is 11.1 Å². The Hall–Kier alpha value is -2.91. The van der Waals surface area contributed by atoms with Crippen LogP contribution < -0.4 is 5.32 Å². The average molecular weight is 392 g/mol. The van der Waals surface area contributed by atoms with Gasteiger partial charge in [-0.2, -0.15) is 5.26 Å². The van der Waals surface area contributed by atoms with Crippen molar-refractivity contribution in [3.63, 3.8) is 0 Å². The van der Waals surface area contributed by atoms with Crippen LogP contribution in [0, 0.1) is 48.9 Å². The van der Waals surface area contributed by atoms with Gasteiger partial charge in [-0.3, -0.25) is 9.59 Å². The molecule has 6 heteroatoms. The van der Waals surface area contributed by atoms with E-state index >= 15 is 0 Å². The van der Waals surface area contributed by atoms with Gasteiger partial charge in [0, 0.05) is 10.4 Å². The number of carbonyl (C=O) groups is 2. The number of hydrogen-bond donors (Lipinski definition) is 2. The zero-order valence-corrected chi connectivity index (χ0v) is 16.4. The lowest BCUT2D eigenvalue weighted by atomic mass is 9.82.